The average Bonchev–Trinajstić information content (AvgIpc) is 2.99. The zero-order valence-electron chi connectivity index (χ0n) is 15.2. The van der Waals surface area contributed by atoms with Gasteiger partial charge in [0.15, 0.2) is 0 Å². The van der Waals surface area contributed by atoms with E-state index in [2.05, 4.69) is 47.5 Å². The highest BCUT2D eigenvalue weighted by Crippen LogP contribution is 2.30. The molecule has 5 nitrogen and oxygen atoms in total. The molecule has 0 aliphatic heterocycles. The maximum absolute atomic E-state index is 12.5. The van der Waals surface area contributed by atoms with E-state index in [-0.39, 0.29) is 18.4 Å². The largest absolute Gasteiger partial charge is 0.360 e. The van der Waals surface area contributed by atoms with E-state index < -0.39 is 0 Å². The molecule has 3 rings (SSSR count). The summed E-state index contributed by atoms with van der Waals surface area (Å²) in [5.74, 6) is -0.565. The highest BCUT2D eigenvalue weighted by molar-refractivity contribution is 9.13. The zero-order chi connectivity index (χ0) is 19.7. The van der Waals surface area contributed by atoms with Gasteiger partial charge in [-0.3, -0.25) is 9.59 Å². The molecule has 2 amide bonds. The smallest absolute Gasteiger partial charge is 0.253 e. The van der Waals surface area contributed by atoms with Gasteiger partial charge in [0.1, 0.15) is 0 Å². The number of aromatic nitrogens is 1. The number of hydrogen-bond donors (Lipinski definition) is 3. The first-order chi connectivity index (χ1) is 12.8. The third-order valence-corrected chi connectivity index (χ3v) is 6.16. The van der Waals surface area contributed by atoms with Crippen molar-refractivity contribution < 1.29 is 9.59 Å². The fourth-order valence-corrected chi connectivity index (χ4v) is 3.81. The van der Waals surface area contributed by atoms with E-state index in [1.165, 1.54) is 0 Å². The first-order valence-corrected chi connectivity index (χ1v) is 9.97. The molecule has 0 aliphatic carbocycles. The summed E-state index contributed by atoms with van der Waals surface area (Å²) >= 11 is 6.89. The second-order valence-corrected chi connectivity index (χ2v) is 8.23. The van der Waals surface area contributed by atoms with Crippen LogP contribution >= 0.6 is 31.9 Å². The van der Waals surface area contributed by atoms with E-state index >= 15 is 0 Å². The third-order valence-electron chi connectivity index (χ3n) is 4.32. The molecule has 0 radical (unpaired) electrons. The van der Waals surface area contributed by atoms with Gasteiger partial charge in [-0.1, -0.05) is 17.7 Å². The molecule has 140 valence electrons. The Labute approximate surface area is 174 Å². The van der Waals surface area contributed by atoms with Crippen LogP contribution in [0.3, 0.4) is 0 Å². The van der Waals surface area contributed by atoms with Gasteiger partial charge in [-0.2, -0.15) is 0 Å². The Hall–Kier alpha value is -2.12. The molecule has 1 heterocycles. The Kier molecular flexibility index (Phi) is 5.72. The van der Waals surface area contributed by atoms with Crippen LogP contribution in [-0.4, -0.2) is 23.3 Å². The van der Waals surface area contributed by atoms with E-state index in [1.54, 1.807) is 6.20 Å². The molecule has 0 unspecified atom stereocenters. The predicted molar refractivity (Wildman–Crippen MR) is 115 cm³/mol. The SMILES string of the molecule is Cc1cc(C)c(NC(=O)CNC(=O)c2c[nH]c3cc(Br)c(Br)cc23)c(C)c1. The fraction of sp³-hybridized carbons (Fsp3) is 0.200. The van der Waals surface area contributed by atoms with Crippen LogP contribution in [0.2, 0.25) is 0 Å². The van der Waals surface area contributed by atoms with Crippen LogP contribution in [0.15, 0.2) is 39.4 Å². The molecule has 0 atom stereocenters. The Bertz CT molecular complexity index is 1030. The van der Waals surface area contributed by atoms with E-state index in [1.807, 2.05) is 45.0 Å². The number of aryl methyl sites for hydroxylation is 3. The highest BCUT2D eigenvalue weighted by Gasteiger charge is 2.15. The quantitative estimate of drug-likeness (QED) is 0.480. The molecule has 0 fully saturated rings. The summed E-state index contributed by atoms with van der Waals surface area (Å²) in [6, 6.07) is 7.79. The van der Waals surface area contributed by atoms with Crippen LogP contribution in [0.1, 0.15) is 27.0 Å². The summed E-state index contributed by atoms with van der Waals surface area (Å²) in [5.41, 5.74) is 5.27. The Balaban J connectivity index is 1.69. The van der Waals surface area contributed by atoms with Crippen LogP contribution in [-0.2, 0) is 4.79 Å². The number of aromatic amines is 1. The molecule has 27 heavy (non-hydrogen) atoms. The number of carbonyl (C=O) groups is 2. The van der Waals surface area contributed by atoms with Crippen molar-refractivity contribution in [2.24, 2.45) is 0 Å². The van der Waals surface area contributed by atoms with Gasteiger partial charge in [-0.25, -0.2) is 0 Å². The number of H-pyrrole nitrogens is 1. The molecule has 3 aromatic rings. The van der Waals surface area contributed by atoms with E-state index in [0.29, 0.717) is 5.56 Å². The number of hydrogen-bond acceptors (Lipinski definition) is 2. The second kappa shape index (κ2) is 7.86. The van der Waals surface area contributed by atoms with Gasteiger partial charge in [-0.05, 0) is 75.9 Å². The number of benzene rings is 2. The average molecular weight is 493 g/mol. The van der Waals surface area contributed by atoms with Crippen molar-refractivity contribution in [1.82, 2.24) is 10.3 Å². The minimum absolute atomic E-state index is 0.101. The predicted octanol–water partition coefficient (Wildman–Crippen LogP) is 4.99. The molecule has 0 saturated carbocycles. The molecule has 1 aromatic heterocycles. The number of anilines is 1. The monoisotopic (exact) mass is 491 g/mol. The van der Waals surface area contributed by atoms with Crippen molar-refractivity contribution in [3.8, 4) is 0 Å². The number of halogens is 2. The summed E-state index contributed by atoms with van der Waals surface area (Å²) in [7, 11) is 0. The summed E-state index contributed by atoms with van der Waals surface area (Å²) in [6.45, 7) is 5.83. The van der Waals surface area contributed by atoms with Gasteiger partial charge in [-0.15, -0.1) is 0 Å². The van der Waals surface area contributed by atoms with Crippen LogP contribution in [0, 0.1) is 20.8 Å². The Morgan fingerprint density at radius 1 is 1.00 bits per heavy atom. The number of amides is 2. The molecule has 3 N–H and O–H groups in total. The lowest BCUT2D eigenvalue weighted by Gasteiger charge is -2.13. The first kappa shape index (κ1) is 19.6. The van der Waals surface area contributed by atoms with E-state index in [9.17, 15) is 9.59 Å². The topological polar surface area (TPSA) is 74.0 Å². The van der Waals surface area contributed by atoms with Gasteiger partial charge in [0.2, 0.25) is 5.91 Å². The highest BCUT2D eigenvalue weighted by atomic mass is 79.9. The fourth-order valence-electron chi connectivity index (χ4n) is 3.12. The summed E-state index contributed by atoms with van der Waals surface area (Å²) < 4.78 is 1.75. The lowest BCUT2D eigenvalue weighted by atomic mass is 10.1. The van der Waals surface area contributed by atoms with Gasteiger partial charge >= 0.3 is 0 Å². The minimum atomic E-state index is -0.303. The van der Waals surface area contributed by atoms with Crippen molar-refractivity contribution in [2.45, 2.75) is 20.8 Å². The minimum Gasteiger partial charge on any atom is -0.360 e. The standard InChI is InChI=1S/C20H19Br2N3O2/c1-10-4-11(2)19(12(3)5-10)25-18(26)9-24-20(27)14-8-23-17-7-16(22)15(21)6-13(14)17/h4-8,23H,9H2,1-3H3,(H,24,27)(H,25,26). The van der Waals surface area contributed by atoms with Gasteiger partial charge in [0.25, 0.3) is 5.91 Å². The number of nitrogens with one attached hydrogen (secondary N) is 3. The summed E-state index contributed by atoms with van der Waals surface area (Å²) in [6.07, 6.45) is 1.64. The molecular weight excluding hydrogens is 474 g/mol. The summed E-state index contributed by atoms with van der Waals surface area (Å²) in [4.78, 5) is 27.9. The number of fused-ring (bicyclic) bond motifs is 1. The molecule has 0 aliphatic rings. The lowest BCUT2D eigenvalue weighted by Crippen LogP contribution is -2.33. The van der Waals surface area contributed by atoms with Crippen LogP contribution in [0.4, 0.5) is 5.69 Å². The molecular formula is C20H19Br2N3O2. The van der Waals surface area contributed by atoms with Gasteiger partial charge < -0.3 is 15.6 Å². The van der Waals surface area contributed by atoms with Crippen molar-refractivity contribution in [1.29, 1.82) is 0 Å². The second-order valence-electron chi connectivity index (χ2n) is 6.52. The Morgan fingerprint density at radius 2 is 1.63 bits per heavy atom. The molecule has 0 saturated heterocycles. The lowest BCUT2D eigenvalue weighted by molar-refractivity contribution is -0.115. The van der Waals surface area contributed by atoms with Crippen molar-refractivity contribution in [3.63, 3.8) is 0 Å². The van der Waals surface area contributed by atoms with Crippen molar-refractivity contribution in [3.05, 3.63) is 61.7 Å². The van der Waals surface area contributed by atoms with Crippen LogP contribution in [0.5, 0.6) is 0 Å². The zero-order valence-corrected chi connectivity index (χ0v) is 18.3. The number of rotatable bonds is 4. The van der Waals surface area contributed by atoms with Crippen LogP contribution in [0.25, 0.3) is 10.9 Å². The maximum Gasteiger partial charge on any atom is 0.253 e. The first-order valence-electron chi connectivity index (χ1n) is 8.38. The van der Waals surface area contributed by atoms with Crippen LogP contribution < -0.4 is 10.6 Å². The maximum atomic E-state index is 12.5. The summed E-state index contributed by atoms with van der Waals surface area (Å²) in [5, 5.41) is 6.35. The van der Waals surface area contributed by atoms with E-state index in [0.717, 1.165) is 42.2 Å². The Morgan fingerprint density at radius 3 is 2.30 bits per heavy atom. The third kappa shape index (κ3) is 4.25. The van der Waals surface area contributed by atoms with Crippen molar-refractivity contribution >= 4 is 60.3 Å². The molecule has 2 aromatic carbocycles. The van der Waals surface area contributed by atoms with Crippen molar-refractivity contribution in [2.75, 3.05) is 11.9 Å². The normalized spacial score (nSPS) is 10.9. The van der Waals surface area contributed by atoms with Gasteiger partial charge in [0, 0.05) is 31.7 Å². The van der Waals surface area contributed by atoms with E-state index in [4.69, 9.17) is 0 Å². The molecule has 0 spiro atoms. The number of carbonyl (C=O) groups excluding carboxylic acids is 2. The molecule has 7 heteroatoms. The molecule has 0 bridgehead atoms. The van der Waals surface area contributed by atoms with Gasteiger partial charge in [0.05, 0.1) is 12.1 Å².